The molecule has 0 saturated heterocycles. The van der Waals surface area contributed by atoms with Crippen molar-refractivity contribution in [2.45, 2.75) is 50.1 Å². The van der Waals surface area contributed by atoms with Crippen LogP contribution in [0.4, 0.5) is 0 Å². The Morgan fingerprint density at radius 2 is 2.06 bits per heavy atom. The van der Waals surface area contributed by atoms with Gasteiger partial charge in [0.05, 0.1) is 0 Å². The molecule has 0 unspecified atom stereocenters. The Balaban J connectivity index is 1.89. The van der Waals surface area contributed by atoms with E-state index in [0.29, 0.717) is 0 Å². The predicted molar refractivity (Wildman–Crippen MR) is 66.5 cm³/mol. The molecule has 0 N–H and O–H groups in total. The zero-order valence-electron chi connectivity index (χ0n) is 9.68. The van der Waals surface area contributed by atoms with Crippen molar-refractivity contribution in [1.82, 2.24) is 9.78 Å². The van der Waals surface area contributed by atoms with E-state index in [0.717, 1.165) is 18.9 Å². The molecular weight excluding hydrogens is 260 g/mol. The molecule has 0 amide bonds. The normalized spacial score (nSPS) is 18.4. The van der Waals surface area contributed by atoms with Crippen molar-refractivity contribution in [3.63, 3.8) is 0 Å². The second kappa shape index (κ2) is 5.40. The van der Waals surface area contributed by atoms with Crippen LogP contribution in [-0.2, 0) is 15.6 Å². The smallest absolute Gasteiger partial charge is 0.271 e. The SMILES string of the molecule is O=S(=O)(Cl)c1ccn(CCC2CCCCC2)n1. The fraction of sp³-hybridized carbons (Fsp3) is 0.727. The third-order valence-electron chi connectivity index (χ3n) is 3.36. The van der Waals surface area contributed by atoms with Gasteiger partial charge in [0.2, 0.25) is 0 Å². The fourth-order valence-corrected chi connectivity index (χ4v) is 3.06. The highest BCUT2D eigenvalue weighted by atomic mass is 35.7. The zero-order chi connectivity index (χ0) is 12.3. The first-order valence-corrected chi connectivity index (χ1v) is 8.35. The van der Waals surface area contributed by atoms with Gasteiger partial charge >= 0.3 is 0 Å². The van der Waals surface area contributed by atoms with Crippen molar-refractivity contribution in [3.05, 3.63) is 12.3 Å². The lowest BCUT2D eigenvalue weighted by Crippen LogP contribution is -2.10. The van der Waals surface area contributed by atoms with E-state index in [2.05, 4.69) is 5.10 Å². The van der Waals surface area contributed by atoms with E-state index in [1.165, 1.54) is 38.2 Å². The molecule has 0 aromatic carbocycles. The molecule has 6 heteroatoms. The minimum Gasteiger partial charge on any atom is -0.271 e. The predicted octanol–water partition coefficient (Wildman–Crippen LogP) is 2.78. The molecule has 1 aliphatic rings. The highest BCUT2D eigenvalue weighted by Gasteiger charge is 2.15. The van der Waals surface area contributed by atoms with Crippen molar-refractivity contribution in [1.29, 1.82) is 0 Å². The Labute approximate surface area is 106 Å². The molecular formula is C11H17ClN2O2S. The Bertz CT molecular complexity index is 464. The topological polar surface area (TPSA) is 52.0 Å². The van der Waals surface area contributed by atoms with Crippen LogP contribution in [0.15, 0.2) is 17.3 Å². The molecule has 0 bridgehead atoms. The first kappa shape index (κ1) is 12.9. The fourth-order valence-electron chi connectivity index (χ4n) is 2.39. The lowest BCUT2D eigenvalue weighted by molar-refractivity contribution is 0.318. The average Bonchev–Trinajstić information content (AvgIpc) is 2.76. The number of rotatable bonds is 4. The van der Waals surface area contributed by atoms with E-state index >= 15 is 0 Å². The Kier molecular flexibility index (Phi) is 4.09. The van der Waals surface area contributed by atoms with Crippen LogP contribution in [0.5, 0.6) is 0 Å². The first-order chi connectivity index (χ1) is 8.05. The molecule has 1 aromatic rings. The van der Waals surface area contributed by atoms with Crippen LogP contribution < -0.4 is 0 Å². The van der Waals surface area contributed by atoms with Crippen molar-refractivity contribution >= 4 is 19.7 Å². The maximum Gasteiger partial charge on any atom is 0.280 e. The first-order valence-electron chi connectivity index (χ1n) is 6.04. The third-order valence-corrected chi connectivity index (χ3v) is 4.55. The molecule has 1 saturated carbocycles. The van der Waals surface area contributed by atoms with Crippen molar-refractivity contribution < 1.29 is 8.42 Å². The van der Waals surface area contributed by atoms with Crippen LogP contribution in [0.3, 0.4) is 0 Å². The summed E-state index contributed by atoms with van der Waals surface area (Å²) in [7, 11) is 1.53. The molecule has 0 atom stereocenters. The van der Waals surface area contributed by atoms with Crippen LogP contribution in [0.1, 0.15) is 38.5 Å². The summed E-state index contributed by atoms with van der Waals surface area (Å²) in [6.45, 7) is 0.775. The summed E-state index contributed by atoms with van der Waals surface area (Å²) in [5.41, 5.74) is 0. The summed E-state index contributed by atoms with van der Waals surface area (Å²) in [6, 6.07) is 1.45. The van der Waals surface area contributed by atoms with E-state index < -0.39 is 9.05 Å². The summed E-state index contributed by atoms with van der Waals surface area (Å²) in [6.07, 6.45) is 9.34. The van der Waals surface area contributed by atoms with Crippen LogP contribution >= 0.6 is 10.7 Å². The molecule has 1 heterocycles. The van der Waals surface area contributed by atoms with Crippen LogP contribution in [0, 0.1) is 5.92 Å². The molecule has 0 radical (unpaired) electrons. The quantitative estimate of drug-likeness (QED) is 0.795. The van der Waals surface area contributed by atoms with Gasteiger partial charge in [-0.1, -0.05) is 32.1 Å². The number of aromatic nitrogens is 2. The van der Waals surface area contributed by atoms with Crippen LogP contribution in [0.25, 0.3) is 0 Å². The Hall–Kier alpha value is -0.550. The van der Waals surface area contributed by atoms with Gasteiger partial charge in [-0.3, -0.25) is 4.68 Å². The summed E-state index contributed by atoms with van der Waals surface area (Å²) in [4.78, 5) is 0. The van der Waals surface area contributed by atoms with Crippen LogP contribution in [-0.4, -0.2) is 18.2 Å². The maximum absolute atomic E-state index is 11.0. The van der Waals surface area contributed by atoms with E-state index in [4.69, 9.17) is 10.7 Å². The van der Waals surface area contributed by atoms with Gasteiger partial charge in [0.25, 0.3) is 9.05 Å². The van der Waals surface area contributed by atoms with Crippen molar-refractivity contribution in [2.24, 2.45) is 5.92 Å². The molecule has 0 aliphatic heterocycles. The van der Waals surface area contributed by atoms with Crippen LogP contribution in [0.2, 0.25) is 0 Å². The summed E-state index contributed by atoms with van der Waals surface area (Å²) >= 11 is 0. The Morgan fingerprint density at radius 3 is 2.65 bits per heavy atom. The third kappa shape index (κ3) is 3.71. The maximum atomic E-state index is 11.0. The number of hydrogen-bond acceptors (Lipinski definition) is 3. The Morgan fingerprint density at radius 1 is 1.35 bits per heavy atom. The molecule has 2 rings (SSSR count). The molecule has 17 heavy (non-hydrogen) atoms. The van der Waals surface area contributed by atoms with Crippen molar-refractivity contribution in [3.8, 4) is 0 Å². The number of hydrogen-bond donors (Lipinski definition) is 0. The van der Waals surface area contributed by atoms with Gasteiger partial charge in [-0.2, -0.15) is 5.10 Å². The lowest BCUT2D eigenvalue weighted by atomic mass is 9.87. The molecule has 4 nitrogen and oxygen atoms in total. The van der Waals surface area contributed by atoms with Crippen molar-refractivity contribution in [2.75, 3.05) is 0 Å². The highest BCUT2D eigenvalue weighted by Crippen LogP contribution is 2.26. The highest BCUT2D eigenvalue weighted by molar-refractivity contribution is 8.13. The summed E-state index contributed by atoms with van der Waals surface area (Å²) in [5, 5.41) is 3.91. The largest absolute Gasteiger partial charge is 0.280 e. The summed E-state index contributed by atoms with van der Waals surface area (Å²) in [5.74, 6) is 0.768. The number of aryl methyl sites for hydroxylation is 1. The van der Waals surface area contributed by atoms with E-state index in [9.17, 15) is 8.42 Å². The molecule has 0 spiro atoms. The van der Waals surface area contributed by atoms with E-state index in [1.807, 2.05) is 0 Å². The van der Waals surface area contributed by atoms with Gasteiger partial charge in [0.1, 0.15) is 0 Å². The average molecular weight is 277 g/mol. The van der Waals surface area contributed by atoms with Gasteiger partial charge in [-0.05, 0) is 18.4 Å². The molecule has 1 fully saturated rings. The number of nitrogens with zero attached hydrogens (tertiary/aromatic N) is 2. The summed E-state index contributed by atoms with van der Waals surface area (Å²) < 4.78 is 23.8. The van der Waals surface area contributed by atoms with Gasteiger partial charge < -0.3 is 0 Å². The van der Waals surface area contributed by atoms with Gasteiger partial charge in [0, 0.05) is 23.4 Å². The van der Waals surface area contributed by atoms with Gasteiger partial charge in [0.15, 0.2) is 5.03 Å². The minimum absolute atomic E-state index is 0.0530. The minimum atomic E-state index is -3.68. The van der Waals surface area contributed by atoms with E-state index in [1.54, 1.807) is 10.9 Å². The molecule has 96 valence electrons. The zero-order valence-corrected chi connectivity index (χ0v) is 11.3. The molecule has 1 aliphatic carbocycles. The number of halogens is 1. The van der Waals surface area contributed by atoms with Gasteiger partial charge in [-0.15, -0.1) is 0 Å². The standard InChI is InChI=1S/C11H17ClN2O2S/c12-17(15,16)11-7-9-14(13-11)8-6-10-4-2-1-3-5-10/h7,9-10H,1-6,8H2. The van der Waals surface area contributed by atoms with E-state index in [-0.39, 0.29) is 5.03 Å². The monoisotopic (exact) mass is 276 g/mol. The molecule has 1 aromatic heterocycles. The van der Waals surface area contributed by atoms with Gasteiger partial charge in [-0.25, -0.2) is 8.42 Å². The second-order valence-electron chi connectivity index (χ2n) is 4.65. The lowest BCUT2D eigenvalue weighted by Gasteiger charge is -2.21. The second-order valence-corrected chi connectivity index (χ2v) is 7.16.